The van der Waals surface area contributed by atoms with Crippen molar-refractivity contribution in [2.24, 2.45) is 0 Å². The minimum absolute atomic E-state index is 0.0547. The third-order valence-electron chi connectivity index (χ3n) is 3.97. The lowest BCUT2D eigenvalue weighted by atomic mass is 10.1. The zero-order chi connectivity index (χ0) is 21.1. The fraction of sp³-hybridized carbons (Fsp3) is 0.600. The molecule has 1 aliphatic rings. The Morgan fingerprint density at radius 1 is 1.25 bits per heavy atom. The highest BCUT2D eigenvalue weighted by Crippen LogP contribution is 2.34. The molecule has 1 aromatic carbocycles. The summed E-state index contributed by atoms with van der Waals surface area (Å²) in [6.07, 6.45) is -5.22. The van der Waals surface area contributed by atoms with Crippen LogP contribution in [0.1, 0.15) is 19.4 Å². The molecule has 1 aromatic rings. The van der Waals surface area contributed by atoms with Gasteiger partial charge >= 0.3 is 6.18 Å². The van der Waals surface area contributed by atoms with Crippen molar-refractivity contribution in [3.05, 3.63) is 33.9 Å². The van der Waals surface area contributed by atoms with E-state index in [9.17, 15) is 31.7 Å². The van der Waals surface area contributed by atoms with Crippen molar-refractivity contribution in [2.45, 2.75) is 32.2 Å². The van der Waals surface area contributed by atoms with Gasteiger partial charge < -0.3 is 10.1 Å². The van der Waals surface area contributed by atoms with Crippen molar-refractivity contribution >= 4 is 21.6 Å². The number of nitro benzene ring substituents is 1. The van der Waals surface area contributed by atoms with Crippen LogP contribution >= 0.6 is 0 Å². The summed E-state index contributed by atoms with van der Waals surface area (Å²) in [7, 11) is -3.78. The Morgan fingerprint density at radius 2 is 1.86 bits per heavy atom. The van der Waals surface area contributed by atoms with E-state index in [1.54, 1.807) is 13.8 Å². The van der Waals surface area contributed by atoms with Gasteiger partial charge in [-0.05, 0) is 26.0 Å². The van der Waals surface area contributed by atoms with Crippen LogP contribution in [0.25, 0.3) is 0 Å². The molecule has 2 N–H and O–H groups in total. The molecule has 13 heteroatoms. The monoisotopic (exact) mass is 426 g/mol. The molecule has 2 rings (SSSR count). The molecule has 1 heterocycles. The molecule has 0 aliphatic carbocycles. The van der Waals surface area contributed by atoms with E-state index < -0.39 is 32.6 Å². The zero-order valence-electron chi connectivity index (χ0n) is 15.2. The fourth-order valence-electron chi connectivity index (χ4n) is 2.80. The summed E-state index contributed by atoms with van der Waals surface area (Å²) in [6.45, 7) is 3.73. The molecule has 0 saturated carbocycles. The number of benzene rings is 1. The molecule has 1 fully saturated rings. The second-order valence-corrected chi connectivity index (χ2v) is 8.14. The standard InChI is InChI=1S/C15H21F3N4O5S/c1-10-8-21(9-11(2)27-10)28(25,26)20-6-5-19-13-4-3-12(15(16,17)18)7-14(13)22(23)24/h3-4,7,10-11,19-20H,5-6,8-9H2,1-2H3/t10-,11-/m1/s1. The number of morpholine rings is 1. The quantitative estimate of drug-likeness (QED) is 0.392. The average molecular weight is 426 g/mol. The van der Waals surface area contributed by atoms with Crippen molar-refractivity contribution in [2.75, 3.05) is 31.5 Å². The van der Waals surface area contributed by atoms with Gasteiger partial charge in [0.2, 0.25) is 0 Å². The summed E-state index contributed by atoms with van der Waals surface area (Å²) in [6, 6.07) is 2.10. The number of anilines is 1. The van der Waals surface area contributed by atoms with Crippen LogP contribution in [0.15, 0.2) is 18.2 Å². The van der Waals surface area contributed by atoms with Crippen molar-refractivity contribution in [3.63, 3.8) is 0 Å². The van der Waals surface area contributed by atoms with Crippen LogP contribution < -0.4 is 10.0 Å². The lowest BCUT2D eigenvalue weighted by Crippen LogP contribution is -2.52. The van der Waals surface area contributed by atoms with Gasteiger partial charge in [0.15, 0.2) is 0 Å². The van der Waals surface area contributed by atoms with E-state index in [-0.39, 0.29) is 44.1 Å². The summed E-state index contributed by atoms with van der Waals surface area (Å²) in [5.41, 5.74) is -2.01. The van der Waals surface area contributed by atoms with Gasteiger partial charge in [-0.2, -0.15) is 25.9 Å². The first-order chi connectivity index (χ1) is 12.9. The first kappa shape index (κ1) is 22.3. The first-order valence-corrected chi connectivity index (χ1v) is 9.84. The minimum Gasteiger partial charge on any atom is -0.378 e. The van der Waals surface area contributed by atoms with Crippen molar-refractivity contribution in [1.82, 2.24) is 9.03 Å². The molecule has 9 nitrogen and oxygen atoms in total. The van der Waals surface area contributed by atoms with E-state index in [2.05, 4.69) is 10.0 Å². The predicted molar refractivity (Wildman–Crippen MR) is 95.1 cm³/mol. The fourth-order valence-corrected chi connectivity index (χ4v) is 4.16. The number of hydrogen-bond acceptors (Lipinski definition) is 6. The van der Waals surface area contributed by atoms with Crippen LogP contribution in [0.3, 0.4) is 0 Å². The first-order valence-electron chi connectivity index (χ1n) is 8.40. The Kier molecular flexibility index (Phi) is 6.85. The largest absolute Gasteiger partial charge is 0.416 e. The number of halogens is 3. The number of ether oxygens (including phenoxy) is 1. The van der Waals surface area contributed by atoms with Gasteiger partial charge in [-0.1, -0.05) is 0 Å². The Labute approximate surface area is 160 Å². The van der Waals surface area contributed by atoms with Crippen LogP contribution in [-0.2, 0) is 21.1 Å². The van der Waals surface area contributed by atoms with Crippen molar-refractivity contribution in [3.8, 4) is 0 Å². The molecule has 2 atom stereocenters. The molecule has 0 unspecified atom stereocenters. The van der Waals surface area contributed by atoms with E-state index in [1.165, 1.54) is 4.31 Å². The van der Waals surface area contributed by atoms with Crippen molar-refractivity contribution in [1.29, 1.82) is 0 Å². The molecule has 0 amide bonds. The van der Waals surface area contributed by atoms with E-state index in [1.807, 2.05) is 0 Å². The maximum Gasteiger partial charge on any atom is 0.416 e. The highest BCUT2D eigenvalue weighted by atomic mass is 32.2. The maximum atomic E-state index is 12.7. The van der Waals surface area contributed by atoms with E-state index in [4.69, 9.17) is 4.74 Å². The number of alkyl halides is 3. The Balaban J connectivity index is 1.97. The highest BCUT2D eigenvalue weighted by Gasteiger charge is 2.33. The molecule has 0 aromatic heterocycles. The number of nitrogens with one attached hydrogen (secondary N) is 2. The van der Waals surface area contributed by atoms with Crippen LogP contribution in [0, 0.1) is 10.1 Å². The summed E-state index contributed by atoms with van der Waals surface area (Å²) in [4.78, 5) is 10.1. The number of nitro groups is 1. The van der Waals surface area contributed by atoms with E-state index in [0.29, 0.717) is 6.07 Å². The van der Waals surface area contributed by atoms with Crippen LogP contribution in [0.2, 0.25) is 0 Å². The summed E-state index contributed by atoms with van der Waals surface area (Å²) in [5.74, 6) is 0. The second kappa shape index (κ2) is 8.59. The minimum atomic E-state index is -4.70. The van der Waals surface area contributed by atoms with Gasteiger partial charge in [-0.25, -0.2) is 4.72 Å². The Hall–Kier alpha value is -1.96. The molecule has 0 spiro atoms. The number of rotatable bonds is 7. The lowest BCUT2D eigenvalue weighted by Gasteiger charge is -2.34. The van der Waals surface area contributed by atoms with Crippen LogP contribution in [0.4, 0.5) is 24.5 Å². The second-order valence-electron chi connectivity index (χ2n) is 6.39. The topological polar surface area (TPSA) is 114 Å². The lowest BCUT2D eigenvalue weighted by molar-refractivity contribution is -0.384. The van der Waals surface area contributed by atoms with E-state index in [0.717, 1.165) is 12.1 Å². The zero-order valence-corrected chi connectivity index (χ0v) is 16.0. The highest BCUT2D eigenvalue weighted by molar-refractivity contribution is 7.87. The van der Waals surface area contributed by atoms with Gasteiger partial charge in [0, 0.05) is 32.2 Å². The van der Waals surface area contributed by atoms with Gasteiger partial charge in [0.05, 0.1) is 22.7 Å². The predicted octanol–water partition coefficient (Wildman–Crippen LogP) is 1.97. The Bertz CT molecular complexity index is 808. The average Bonchev–Trinajstić information content (AvgIpc) is 2.57. The van der Waals surface area contributed by atoms with Crippen LogP contribution in [0.5, 0.6) is 0 Å². The molecule has 28 heavy (non-hydrogen) atoms. The van der Waals surface area contributed by atoms with Gasteiger partial charge in [0.25, 0.3) is 15.9 Å². The van der Waals surface area contributed by atoms with Gasteiger partial charge in [-0.15, -0.1) is 0 Å². The molecule has 0 bridgehead atoms. The van der Waals surface area contributed by atoms with Gasteiger partial charge in [0.1, 0.15) is 5.69 Å². The third kappa shape index (κ3) is 5.77. The number of hydrogen-bond donors (Lipinski definition) is 2. The Morgan fingerprint density at radius 3 is 2.39 bits per heavy atom. The molecule has 0 radical (unpaired) electrons. The maximum absolute atomic E-state index is 12.7. The molecule has 1 aliphatic heterocycles. The molecular formula is C15H21F3N4O5S. The summed E-state index contributed by atoms with van der Waals surface area (Å²) >= 11 is 0. The SMILES string of the molecule is C[C@@H]1CN(S(=O)(=O)NCCNc2ccc(C(F)(F)F)cc2[N+](=O)[O-])C[C@@H](C)O1. The van der Waals surface area contributed by atoms with Crippen LogP contribution in [-0.4, -0.2) is 56.0 Å². The summed E-state index contributed by atoms with van der Waals surface area (Å²) < 4.78 is 71.8. The van der Waals surface area contributed by atoms with E-state index >= 15 is 0 Å². The molecule has 1 saturated heterocycles. The normalized spacial score (nSPS) is 21.5. The third-order valence-corrected chi connectivity index (χ3v) is 5.52. The molecular weight excluding hydrogens is 405 g/mol. The van der Waals surface area contributed by atoms with Gasteiger partial charge in [-0.3, -0.25) is 10.1 Å². The summed E-state index contributed by atoms with van der Waals surface area (Å²) in [5, 5.41) is 13.6. The number of nitrogens with zero attached hydrogens (tertiary/aromatic N) is 2. The molecule has 158 valence electrons. The smallest absolute Gasteiger partial charge is 0.378 e. The van der Waals surface area contributed by atoms with Crippen molar-refractivity contribution < 1.29 is 31.2 Å².